The summed E-state index contributed by atoms with van der Waals surface area (Å²) in [6.45, 7) is 0. The Bertz CT molecular complexity index is 1560. The smallest absolute Gasteiger partial charge is 0.193 e. The average molecular weight is 528 g/mol. The third-order valence-electron chi connectivity index (χ3n) is 7.62. The topological polar surface area (TPSA) is 26.8 Å². The summed E-state index contributed by atoms with van der Waals surface area (Å²) in [4.78, 5) is 20.3. The van der Waals surface area contributed by atoms with Gasteiger partial charge in [0.25, 0.3) is 0 Å². The summed E-state index contributed by atoms with van der Waals surface area (Å²) in [6.07, 6.45) is 0. The van der Waals surface area contributed by atoms with Crippen LogP contribution in [0.3, 0.4) is 0 Å². The van der Waals surface area contributed by atoms with Gasteiger partial charge in [-0.15, -0.1) is 0 Å². The predicted octanol–water partition coefficient (Wildman–Crippen LogP) is 7.45. The third-order valence-corrected chi connectivity index (χ3v) is 7.62. The second-order valence-electron chi connectivity index (χ2n) is 10.9. The quantitative estimate of drug-likeness (QED) is 0.155. The molecule has 0 heterocycles. The van der Waals surface area contributed by atoms with E-state index in [9.17, 15) is 4.79 Å². The number of carbonyl (C=O) groups excluding carboxylic acids is 1. The van der Waals surface area contributed by atoms with Gasteiger partial charge in [0, 0.05) is 76.4 Å². The first-order valence-electron chi connectivity index (χ1n) is 13.6. The van der Waals surface area contributed by atoms with Crippen molar-refractivity contribution in [2.75, 3.05) is 57.0 Å². The maximum absolute atomic E-state index is 14.0. The molecule has 0 saturated heterocycles. The molecular weight excluding hydrogens is 490 g/mol. The van der Waals surface area contributed by atoms with Gasteiger partial charge < -0.3 is 14.7 Å². The molecule has 0 aliphatic rings. The number of benzene rings is 5. The largest absolute Gasteiger partial charge is 0.378 e. The lowest BCUT2D eigenvalue weighted by molar-refractivity contribution is 0.104. The predicted molar refractivity (Wildman–Crippen MR) is 171 cm³/mol. The molecule has 0 saturated carbocycles. The monoisotopic (exact) mass is 527 g/mol. The molecule has 0 bridgehead atoms. The van der Waals surface area contributed by atoms with Crippen LogP contribution in [0.5, 0.6) is 0 Å². The van der Waals surface area contributed by atoms with Crippen LogP contribution < -0.4 is 14.7 Å². The normalized spacial score (nSPS) is 11.1. The van der Waals surface area contributed by atoms with Crippen molar-refractivity contribution in [3.63, 3.8) is 0 Å². The maximum Gasteiger partial charge on any atom is 0.193 e. The minimum atomic E-state index is -0.0406. The van der Waals surface area contributed by atoms with Gasteiger partial charge in [-0.3, -0.25) is 4.79 Å². The fourth-order valence-corrected chi connectivity index (χ4v) is 5.35. The lowest BCUT2D eigenvalue weighted by atomic mass is 9.81. The fraction of sp³-hybridized carbons (Fsp3) is 0.194. The molecular formula is C36H37N3O. The SMILES string of the molecule is CN(C)c1ccc(C(=O)c2cccc3cccc(C(c4ccc(N(C)C)cc4)c4ccc(N(C)C)cc4)c23)cc1. The second kappa shape index (κ2) is 11.3. The van der Waals surface area contributed by atoms with Crippen LogP contribution in [0.15, 0.2) is 109 Å². The third kappa shape index (κ3) is 5.30. The average Bonchev–Trinajstić information content (AvgIpc) is 2.97. The van der Waals surface area contributed by atoms with Crippen LogP contribution in [0, 0.1) is 0 Å². The molecule has 5 aromatic carbocycles. The highest BCUT2D eigenvalue weighted by molar-refractivity contribution is 6.17. The van der Waals surface area contributed by atoms with Crippen LogP contribution in [0.1, 0.15) is 38.5 Å². The number of anilines is 3. The van der Waals surface area contributed by atoms with Crippen LogP contribution in [0.2, 0.25) is 0 Å². The molecule has 0 atom stereocenters. The summed E-state index contributed by atoms with van der Waals surface area (Å²) in [7, 11) is 12.2. The highest BCUT2D eigenvalue weighted by Gasteiger charge is 2.23. The molecule has 0 fully saturated rings. The van der Waals surface area contributed by atoms with E-state index in [-0.39, 0.29) is 11.7 Å². The zero-order valence-electron chi connectivity index (χ0n) is 24.2. The molecule has 0 radical (unpaired) electrons. The van der Waals surface area contributed by atoms with Crippen LogP contribution in [-0.4, -0.2) is 48.1 Å². The fourth-order valence-electron chi connectivity index (χ4n) is 5.35. The minimum Gasteiger partial charge on any atom is -0.378 e. The zero-order chi connectivity index (χ0) is 28.4. The van der Waals surface area contributed by atoms with Crippen molar-refractivity contribution in [1.82, 2.24) is 0 Å². The number of carbonyl (C=O) groups is 1. The molecule has 4 heteroatoms. The zero-order valence-corrected chi connectivity index (χ0v) is 24.2. The lowest BCUT2D eigenvalue weighted by Gasteiger charge is -2.24. The summed E-state index contributed by atoms with van der Waals surface area (Å²) in [6, 6.07) is 37.8. The van der Waals surface area contributed by atoms with Crippen molar-refractivity contribution in [3.05, 3.63) is 137 Å². The summed E-state index contributed by atoms with van der Waals surface area (Å²) in [5.74, 6) is -0.00536. The Balaban J connectivity index is 1.70. The van der Waals surface area contributed by atoms with Crippen LogP contribution in [-0.2, 0) is 0 Å². The molecule has 40 heavy (non-hydrogen) atoms. The van der Waals surface area contributed by atoms with E-state index in [0.29, 0.717) is 5.56 Å². The summed E-state index contributed by atoms with van der Waals surface area (Å²) >= 11 is 0. The first-order chi connectivity index (χ1) is 19.2. The number of ketones is 1. The highest BCUT2D eigenvalue weighted by atomic mass is 16.1. The van der Waals surface area contributed by atoms with E-state index in [1.165, 1.54) is 11.1 Å². The van der Waals surface area contributed by atoms with E-state index >= 15 is 0 Å². The van der Waals surface area contributed by atoms with Gasteiger partial charge in [0.1, 0.15) is 0 Å². The lowest BCUT2D eigenvalue weighted by Crippen LogP contribution is -2.11. The number of hydrogen-bond acceptors (Lipinski definition) is 4. The van der Waals surface area contributed by atoms with E-state index < -0.39 is 0 Å². The molecule has 4 nitrogen and oxygen atoms in total. The first-order valence-corrected chi connectivity index (χ1v) is 13.6. The number of nitrogens with zero attached hydrogens (tertiary/aromatic N) is 3. The Morgan fingerprint density at radius 2 is 0.950 bits per heavy atom. The van der Waals surface area contributed by atoms with E-state index in [1.807, 2.05) is 55.4 Å². The summed E-state index contributed by atoms with van der Waals surface area (Å²) < 4.78 is 0. The standard InChI is InChI=1S/C36H37N3O/c1-37(2)29-19-13-26(14-20-29)34(27-15-21-30(22-16-27)38(3)4)32-11-7-9-25-10-8-12-33(35(25)32)36(40)28-17-23-31(24-18-28)39(5)6/h7-24,34H,1-6H3. The Hall–Kier alpha value is -4.57. The molecule has 0 aromatic heterocycles. The van der Waals surface area contributed by atoms with Crippen molar-refractivity contribution in [3.8, 4) is 0 Å². The van der Waals surface area contributed by atoms with E-state index in [0.717, 1.165) is 39.0 Å². The molecule has 5 rings (SSSR count). The Morgan fingerprint density at radius 1 is 0.525 bits per heavy atom. The van der Waals surface area contributed by atoms with Gasteiger partial charge in [-0.25, -0.2) is 0 Å². The molecule has 0 aliphatic heterocycles. The Kier molecular flexibility index (Phi) is 7.61. The van der Waals surface area contributed by atoms with Gasteiger partial charge in [0.15, 0.2) is 5.78 Å². The van der Waals surface area contributed by atoms with Gasteiger partial charge in [0.2, 0.25) is 0 Å². The first kappa shape index (κ1) is 27.0. The maximum atomic E-state index is 14.0. The molecule has 0 unspecified atom stereocenters. The van der Waals surface area contributed by atoms with E-state index in [4.69, 9.17) is 0 Å². The van der Waals surface area contributed by atoms with Gasteiger partial charge >= 0.3 is 0 Å². The number of fused-ring (bicyclic) bond motifs is 1. The van der Waals surface area contributed by atoms with Crippen LogP contribution >= 0.6 is 0 Å². The molecule has 0 spiro atoms. The molecule has 5 aromatic rings. The van der Waals surface area contributed by atoms with Crippen molar-refractivity contribution in [1.29, 1.82) is 0 Å². The number of rotatable bonds is 8. The van der Waals surface area contributed by atoms with Gasteiger partial charge in [0.05, 0.1) is 0 Å². The molecule has 202 valence electrons. The highest BCUT2D eigenvalue weighted by Crippen LogP contribution is 2.39. The van der Waals surface area contributed by atoms with E-state index in [2.05, 4.69) is 111 Å². The van der Waals surface area contributed by atoms with Crippen molar-refractivity contribution in [2.45, 2.75) is 5.92 Å². The summed E-state index contributed by atoms with van der Waals surface area (Å²) in [5, 5.41) is 2.07. The van der Waals surface area contributed by atoms with E-state index in [1.54, 1.807) is 0 Å². The van der Waals surface area contributed by atoms with Crippen molar-refractivity contribution in [2.24, 2.45) is 0 Å². The Labute approximate surface area is 238 Å². The van der Waals surface area contributed by atoms with Gasteiger partial charge in [-0.1, -0.05) is 60.7 Å². The Morgan fingerprint density at radius 3 is 1.40 bits per heavy atom. The van der Waals surface area contributed by atoms with Crippen molar-refractivity contribution < 1.29 is 4.79 Å². The minimum absolute atomic E-state index is 0.0352. The van der Waals surface area contributed by atoms with Gasteiger partial charge in [-0.05, 0) is 76.0 Å². The van der Waals surface area contributed by atoms with Gasteiger partial charge in [-0.2, -0.15) is 0 Å². The second-order valence-corrected chi connectivity index (χ2v) is 10.9. The number of hydrogen-bond donors (Lipinski definition) is 0. The van der Waals surface area contributed by atoms with Crippen molar-refractivity contribution >= 4 is 33.6 Å². The molecule has 0 N–H and O–H groups in total. The summed E-state index contributed by atoms with van der Waals surface area (Å²) in [5.41, 5.74) is 8.29. The molecule has 0 aliphatic carbocycles. The van der Waals surface area contributed by atoms with Crippen LogP contribution in [0.25, 0.3) is 10.8 Å². The molecule has 0 amide bonds. The van der Waals surface area contributed by atoms with Crippen LogP contribution in [0.4, 0.5) is 17.1 Å².